The first-order valence-electron chi connectivity index (χ1n) is 10.6. The lowest BCUT2D eigenvalue weighted by Gasteiger charge is -2.30. The van der Waals surface area contributed by atoms with E-state index in [1.165, 1.54) is 31.5 Å². The van der Waals surface area contributed by atoms with Gasteiger partial charge in [-0.2, -0.15) is 0 Å². The number of rotatable bonds is 6. The van der Waals surface area contributed by atoms with Crippen LogP contribution in [0.3, 0.4) is 0 Å². The molecule has 3 aromatic carbocycles. The van der Waals surface area contributed by atoms with Crippen molar-refractivity contribution in [3.8, 4) is 11.5 Å². The summed E-state index contributed by atoms with van der Waals surface area (Å²) in [5.74, 6) is 2.08. The van der Waals surface area contributed by atoms with Crippen molar-refractivity contribution in [2.75, 3.05) is 18.4 Å². The van der Waals surface area contributed by atoms with Crippen LogP contribution in [-0.2, 0) is 6.54 Å². The Balaban J connectivity index is 1.35. The number of carbonyl (C=O) groups is 1. The van der Waals surface area contributed by atoms with E-state index in [4.69, 9.17) is 4.74 Å². The van der Waals surface area contributed by atoms with Gasteiger partial charge in [0, 0.05) is 17.8 Å². The predicted molar refractivity (Wildman–Crippen MR) is 121 cm³/mol. The van der Waals surface area contributed by atoms with E-state index in [-0.39, 0.29) is 5.91 Å². The van der Waals surface area contributed by atoms with Gasteiger partial charge in [0.05, 0.1) is 0 Å². The molecule has 0 saturated carbocycles. The number of benzene rings is 3. The Morgan fingerprint density at radius 3 is 2.37 bits per heavy atom. The fourth-order valence-corrected chi connectivity index (χ4v) is 3.70. The first-order valence-corrected chi connectivity index (χ1v) is 10.6. The predicted octanol–water partition coefficient (Wildman–Crippen LogP) is 5.96. The molecule has 3 aromatic rings. The molecule has 4 nitrogen and oxygen atoms in total. The summed E-state index contributed by atoms with van der Waals surface area (Å²) in [6.45, 7) is 5.64. The second-order valence-corrected chi connectivity index (χ2v) is 8.05. The molecule has 0 atom stereocenters. The second kappa shape index (κ2) is 9.59. The molecule has 4 heteroatoms. The molecule has 0 radical (unpaired) electrons. The Kier molecular flexibility index (Phi) is 6.45. The summed E-state index contributed by atoms with van der Waals surface area (Å²) in [7, 11) is 0. The first-order chi connectivity index (χ1) is 14.7. The van der Waals surface area contributed by atoms with Crippen molar-refractivity contribution in [1.29, 1.82) is 0 Å². The zero-order valence-corrected chi connectivity index (χ0v) is 17.4. The minimum Gasteiger partial charge on any atom is -0.457 e. The highest BCUT2D eigenvalue weighted by atomic mass is 16.5. The average molecular weight is 401 g/mol. The molecule has 1 fully saturated rings. The largest absolute Gasteiger partial charge is 0.457 e. The molecule has 0 bridgehead atoms. The number of nitrogens with zero attached hydrogens (tertiary/aromatic N) is 1. The molecule has 30 heavy (non-hydrogen) atoms. The quantitative estimate of drug-likeness (QED) is 0.555. The number of hydrogen-bond acceptors (Lipinski definition) is 3. The van der Waals surface area contributed by atoms with Crippen LogP contribution in [-0.4, -0.2) is 23.9 Å². The van der Waals surface area contributed by atoms with Gasteiger partial charge in [-0.05, 0) is 79.9 Å². The Hall–Kier alpha value is -3.11. The van der Waals surface area contributed by atoms with E-state index in [9.17, 15) is 4.79 Å². The highest BCUT2D eigenvalue weighted by Gasteiger charge is 2.15. The molecule has 154 valence electrons. The van der Waals surface area contributed by atoms with Crippen LogP contribution in [0.15, 0.2) is 78.9 Å². The van der Waals surface area contributed by atoms with Gasteiger partial charge in [0.25, 0.3) is 5.91 Å². The first kappa shape index (κ1) is 20.2. The average Bonchev–Trinajstić information content (AvgIpc) is 2.77. The van der Waals surface area contributed by atoms with Crippen LogP contribution < -0.4 is 10.1 Å². The van der Waals surface area contributed by atoms with Gasteiger partial charge >= 0.3 is 0 Å². The minimum absolute atomic E-state index is 0.147. The van der Waals surface area contributed by atoms with Gasteiger partial charge < -0.3 is 10.1 Å². The van der Waals surface area contributed by atoms with Crippen LogP contribution in [0.2, 0.25) is 0 Å². The Labute approximate surface area is 178 Å². The summed E-state index contributed by atoms with van der Waals surface area (Å²) >= 11 is 0. The molecule has 1 heterocycles. The van der Waals surface area contributed by atoms with Crippen molar-refractivity contribution in [3.05, 3.63) is 90.0 Å². The molecule has 4 rings (SSSR count). The van der Waals surface area contributed by atoms with Crippen molar-refractivity contribution < 1.29 is 9.53 Å². The standard InChI is InChI=1S/C26H28N2O2/c1-20-14-16-28(17-15-20)19-21-10-12-23(13-11-21)27-26(29)22-6-5-9-25(18-22)30-24-7-3-2-4-8-24/h2-13,18,20H,14-17,19H2,1H3,(H,27,29). The van der Waals surface area contributed by atoms with Gasteiger partial charge in [0.1, 0.15) is 11.5 Å². The lowest BCUT2D eigenvalue weighted by Crippen LogP contribution is -2.32. The number of piperidine rings is 1. The number of hydrogen-bond donors (Lipinski definition) is 1. The summed E-state index contributed by atoms with van der Waals surface area (Å²) in [5.41, 5.74) is 2.64. The molecular formula is C26H28N2O2. The van der Waals surface area contributed by atoms with E-state index < -0.39 is 0 Å². The third-order valence-corrected chi connectivity index (χ3v) is 5.57. The zero-order chi connectivity index (χ0) is 20.8. The smallest absolute Gasteiger partial charge is 0.255 e. The molecular weight excluding hydrogens is 372 g/mol. The van der Waals surface area contributed by atoms with Crippen molar-refractivity contribution in [1.82, 2.24) is 4.90 Å². The van der Waals surface area contributed by atoms with Crippen LogP contribution in [0.1, 0.15) is 35.7 Å². The van der Waals surface area contributed by atoms with Gasteiger partial charge in [0.2, 0.25) is 0 Å². The summed E-state index contributed by atoms with van der Waals surface area (Å²) in [6, 6.07) is 24.9. The Morgan fingerprint density at radius 2 is 1.63 bits per heavy atom. The lowest BCUT2D eigenvalue weighted by atomic mass is 9.99. The van der Waals surface area contributed by atoms with Gasteiger partial charge in [0.15, 0.2) is 0 Å². The van der Waals surface area contributed by atoms with Crippen LogP contribution in [0.5, 0.6) is 11.5 Å². The topological polar surface area (TPSA) is 41.6 Å². The maximum atomic E-state index is 12.7. The maximum absolute atomic E-state index is 12.7. The molecule has 0 spiro atoms. The normalized spacial score (nSPS) is 15.0. The van der Waals surface area contributed by atoms with Gasteiger partial charge in [-0.15, -0.1) is 0 Å². The van der Waals surface area contributed by atoms with E-state index >= 15 is 0 Å². The number of amides is 1. The summed E-state index contributed by atoms with van der Waals surface area (Å²) in [6.07, 6.45) is 2.56. The van der Waals surface area contributed by atoms with Gasteiger partial charge in [-0.3, -0.25) is 9.69 Å². The van der Waals surface area contributed by atoms with Crippen molar-refractivity contribution in [2.24, 2.45) is 5.92 Å². The molecule has 1 amide bonds. The highest BCUT2D eigenvalue weighted by Crippen LogP contribution is 2.23. The van der Waals surface area contributed by atoms with E-state index in [0.29, 0.717) is 11.3 Å². The molecule has 1 aliphatic rings. The monoisotopic (exact) mass is 400 g/mol. The van der Waals surface area contributed by atoms with Crippen molar-refractivity contribution >= 4 is 11.6 Å². The molecule has 0 aliphatic carbocycles. The van der Waals surface area contributed by atoms with Crippen LogP contribution in [0.4, 0.5) is 5.69 Å². The number of ether oxygens (including phenoxy) is 1. The fourth-order valence-electron chi connectivity index (χ4n) is 3.70. The van der Waals surface area contributed by atoms with E-state index in [1.54, 1.807) is 12.1 Å². The SMILES string of the molecule is CC1CCN(Cc2ccc(NC(=O)c3cccc(Oc4ccccc4)c3)cc2)CC1. The number of carbonyl (C=O) groups excluding carboxylic acids is 1. The Morgan fingerprint density at radius 1 is 0.933 bits per heavy atom. The van der Waals surface area contributed by atoms with Crippen molar-refractivity contribution in [3.63, 3.8) is 0 Å². The minimum atomic E-state index is -0.147. The van der Waals surface area contributed by atoms with Crippen LogP contribution in [0.25, 0.3) is 0 Å². The summed E-state index contributed by atoms with van der Waals surface area (Å²) in [4.78, 5) is 15.2. The van der Waals surface area contributed by atoms with E-state index in [2.05, 4.69) is 29.3 Å². The van der Waals surface area contributed by atoms with Crippen LogP contribution >= 0.6 is 0 Å². The second-order valence-electron chi connectivity index (χ2n) is 8.05. The number of anilines is 1. The molecule has 0 aromatic heterocycles. The fraction of sp³-hybridized carbons (Fsp3) is 0.269. The Bertz CT molecular complexity index is 962. The number of likely N-dealkylation sites (tertiary alicyclic amines) is 1. The number of para-hydroxylation sites is 1. The summed E-state index contributed by atoms with van der Waals surface area (Å²) in [5, 5.41) is 2.98. The van der Waals surface area contributed by atoms with E-state index in [0.717, 1.165) is 23.9 Å². The summed E-state index contributed by atoms with van der Waals surface area (Å²) < 4.78 is 5.83. The van der Waals surface area contributed by atoms with Gasteiger partial charge in [-0.1, -0.05) is 43.3 Å². The third-order valence-electron chi connectivity index (χ3n) is 5.57. The van der Waals surface area contributed by atoms with E-state index in [1.807, 2.05) is 54.6 Å². The highest BCUT2D eigenvalue weighted by molar-refractivity contribution is 6.04. The lowest BCUT2D eigenvalue weighted by molar-refractivity contribution is 0.102. The molecule has 1 saturated heterocycles. The molecule has 1 aliphatic heterocycles. The zero-order valence-electron chi connectivity index (χ0n) is 17.4. The van der Waals surface area contributed by atoms with Crippen molar-refractivity contribution in [2.45, 2.75) is 26.3 Å². The third kappa shape index (κ3) is 5.49. The molecule has 0 unspecified atom stereocenters. The number of nitrogens with one attached hydrogen (secondary N) is 1. The van der Waals surface area contributed by atoms with Crippen LogP contribution in [0, 0.1) is 5.92 Å². The molecule has 1 N–H and O–H groups in total. The van der Waals surface area contributed by atoms with Gasteiger partial charge in [-0.25, -0.2) is 0 Å². The maximum Gasteiger partial charge on any atom is 0.255 e.